The second-order valence-corrected chi connectivity index (χ2v) is 7.29. The number of fused-ring (bicyclic) bond motifs is 1. The molecule has 2 heterocycles. The highest BCUT2D eigenvalue weighted by Gasteiger charge is 2.10. The van der Waals surface area contributed by atoms with Gasteiger partial charge in [-0.05, 0) is 38.3 Å². The molecule has 6 nitrogen and oxygen atoms in total. The van der Waals surface area contributed by atoms with Crippen LogP contribution in [0.15, 0.2) is 82.3 Å². The zero-order valence-corrected chi connectivity index (χ0v) is 16.5. The first-order valence-corrected chi connectivity index (χ1v) is 9.54. The largest absolute Gasteiger partial charge is 0.309 e. The molecule has 4 aromatic rings. The molecule has 1 N–H and O–H groups in total. The number of hydrogen-bond donors (Lipinski definition) is 1. The quantitative estimate of drug-likeness (QED) is 0.519. The molecular formula is C21H17BrN4O2. The first-order valence-electron chi connectivity index (χ1n) is 8.74. The van der Waals surface area contributed by atoms with E-state index < -0.39 is 0 Å². The standard InChI is InChI=1S/C21H17BrN4O2/c22-17-8-9-21(28)25(13-17)14-20(27)24-19-10-11-23-26(19)12-16-6-3-5-15-4-1-2-7-18(15)16/h1-11,13H,12,14H2,(H,24,27). The van der Waals surface area contributed by atoms with Crippen LogP contribution in [0.2, 0.25) is 0 Å². The summed E-state index contributed by atoms with van der Waals surface area (Å²) in [6.45, 7) is 0.457. The van der Waals surface area contributed by atoms with Crippen LogP contribution in [0.5, 0.6) is 0 Å². The molecule has 0 spiro atoms. The average molecular weight is 437 g/mol. The maximum atomic E-state index is 12.4. The molecule has 0 aliphatic carbocycles. The lowest BCUT2D eigenvalue weighted by Crippen LogP contribution is -2.27. The summed E-state index contributed by atoms with van der Waals surface area (Å²) in [6.07, 6.45) is 3.24. The Morgan fingerprint density at radius 2 is 1.86 bits per heavy atom. The monoisotopic (exact) mass is 436 g/mol. The van der Waals surface area contributed by atoms with Crippen LogP contribution in [0.3, 0.4) is 0 Å². The summed E-state index contributed by atoms with van der Waals surface area (Å²) >= 11 is 3.31. The van der Waals surface area contributed by atoms with Gasteiger partial charge >= 0.3 is 0 Å². The summed E-state index contributed by atoms with van der Waals surface area (Å²) in [5.74, 6) is 0.292. The molecule has 1 amide bonds. The molecule has 0 unspecified atom stereocenters. The number of halogens is 1. The lowest BCUT2D eigenvalue weighted by Gasteiger charge is -2.12. The second kappa shape index (κ2) is 7.82. The smallest absolute Gasteiger partial charge is 0.251 e. The maximum Gasteiger partial charge on any atom is 0.251 e. The molecule has 0 saturated carbocycles. The summed E-state index contributed by atoms with van der Waals surface area (Å²) in [5.41, 5.74) is 0.878. The highest BCUT2D eigenvalue weighted by molar-refractivity contribution is 9.10. The third kappa shape index (κ3) is 3.89. The Bertz CT molecular complexity index is 1210. The van der Waals surface area contributed by atoms with Crippen molar-refractivity contribution in [3.05, 3.63) is 93.4 Å². The molecule has 0 bridgehead atoms. The lowest BCUT2D eigenvalue weighted by molar-refractivity contribution is -0.116. The van der Waals surface area contributed by atoms with Crippen molar-refractivity contribution in [3.8, 4) is 0 Å². The van der Waals surface area contributed by atoms with Gasteiger partial charge in [-0.1, -0.05) is 42.5 Å². The first-order chi connectivity index (χ1) is 13.6. The van der Waals surface area contributed by atoms with E-state index in [0.717, 1.165) is 20.8 Å². The molecule has 140 valence electrons. The van der Waals surface area contributed by atoms with E-state index in [0.29, 0.717) is 12.4 Å². The number of hydrogen-bond acceptors (Lipinski definition) is 3. The van der Waals surface area contributed by atoms with Gasteiger partial charge in [-0.3, -0.25) is 9.59 Å². The van der Waals surface area contributed by atoms with E-state index in [9.17, 15) is 9.59 Å². The number of nitrogens with one attached hydrogen (secondary N) is 1. The molecule has 0 fully saturated rings. The van der Waals surface area contributed by atoms with Gasteiger partial charge in [-0.25, -0.2) is 4.68 Å². The van der Waals surface area contributed by atoms with Crippen LogP contribution < -0.4 is 10.9 Å². The van der Waals surface area contributed by atoms with E-state index in [1.807, 2.05) is 18.2 Å². The van der Waals surface area contributed by atoms with Gasteiger partial charge in [0.15, 0.2) is 0 Å². The van der Waals surface area contributed by atoms with Crippen LogP contribution in [-0.2, 0) is 17.9 Å². The Morgan fingerprint density at radius 1 is 1.04 bits per heavy atom. The Morgan fingerprint density at radius 3 is 2.75 bits per heavy atom. The summed E-state index contributed by atoms with van der Waals surface area (Å²) < 4.78 is 3.83. The van der Waals surface area contributed by atoms with Gasteiger partial charge in [0, 0.05) is 22.8 Å². The highest BCUT2D eigenvalue weighted by Crippen LogP contribution is 2.20. The fourth-order valence-corrected chi connectivity index (χ4v) is 3.50. The van der Waals surface area contributed by atoms with Crippen LogP contribution in [0.1, 0.15) is 5.56 Å². The van der Waals surface area contributed by atoms with E-state index in [4.69, 9.17) is 0 Å². The van der Waals surface area contributed by atoms with Crippen molar-refractivity contribution in [1.82, 2.24) is 14.3 Å². The van der Waals surface area contributed by atoms with Gasteiger partial charge in [0.05, 0.1) is 12.7 Å². The molecule has 2 aromatic carbocycles. The Labute approximate surface area is 169 Å². The van der Waals surface area contributed by atoms with Gasteiger partial charge in [-0.15, -0.1) is 0 Å². The van der Waals surface area contributed by atoms with Gasteiger partial charge < -0.3 is 9.88 Å². The number of aromatic nitrogens is 3. The van der Waals surface area contributed by atoms with Crippen molar-refractivity contribution >= 4 is 38.4 Å². The number of carbonyl (C=O) groups is 1. The van der Waals surface area contributed by atoms with Crippen molar-refractivity contribution in [2.45, 2.75) is 13.1 Å². The number of amides is 1. The van der Waals surface area contributed by atoms with Crippen LogP contribution in [0.4, 0.5) is 5.82 Å². The molecular weight excluding hydrogens is 420 g/mol. The second-order valence-electron chi connectivity index (χ2n) is 6.37. The predicted octanol–water partition coefficient (Wildman–Crippen LogP) is 3.65. The Balaban J connectivity index is 1.53. The summed E-state index contributed by atoms with van der Waals surface area (Å²) in [6, 6.07) is 19.1. The van der Waals surface area contributed by atoms with Crippen molar-refractivity contribution in [2.75, 3.05) is 5.32 Å². The molecule has 0 aliphatic rings. The number of nitrogens with zero attached hydrogens (tertiary/aromatic N) is 3. The highest BCUT2D eigenvalue weighted by atomic mass is 79.9. The number of anilines is 1. The van der Waals surface area contributed by atoms with Crippen molar-refractivity contribution < 1.29 is 4.79 Å². The van der Waals surface area contributed by atoms with Crippen molar-refractivity contribution in [2.24, 2.45) is 0 Å². The minimum atomic E-state index is -0.292. The Hall–Kier alpha value is -3.19. The molecule has 4 rings (SSSR count). The number of pyridine rings is 1. The van der Waals surface area contributed by atoms with Gasteiger partial charge in [0.25, 0.3) is 5.56 Å². The van der Waals surface area contributed by atoms with Crippen LogP contribution in [0.25, 0.3) is 10.8 Å². The van der Waals surface area contributed by atoms with E-state index in [-0.39, 0.29) is 18.0 Å². The van der Waals surface area contributed by atoms with Gasteiger partial charge in [0.2, 0.25) is 5.91 Å². The molecule has 2 aromatic heterocycles. The molecule has 0 radical (unpaired) electrons. The normalized spacial score (nSPS) is 10.9. The van der Waals surface area contributed by atoms with Crippen LogP contribution >= 0.6 is 15.9 Å². The van der Waals surface area contributed by atoms with E-state index in [1.54, 1.807) is 29.2 Å². The SMILES string of the molecule is O=C(Cn1cc(Br)ccc1=O)Nc1ccnn1Cc1cccc2ccccc12. The summed E-state index contributed by atoms with van der Waals surface area (Å²) in [4.78, 5) is 24.3. The summed E-state index contributed by atoms with van der Waals surface area (Å²) in [5, 5.41) is 9.49. The maximum absolute atomic E-state index is 12.4. The molecule has 7 heteroatoms. The van der Waals surface area contributed by atoms with Crippen molar-refractivity contribution in [1.29, 1.82) is 0 Å². The van der Waals surface area contributed by atoms with E-state index >= 15 is 0 Å². The van der Waals surface area contributed by atoms with Gasteiger partial charge in [-0.2, -0.15) is 5.10 Å². The molecule has 0 saturated heterocycles. The average Bonchev–Trinajstić information content (AvgIpc) is 3.11. The minimum Gasteiger partial charge on any atom is -0.309 e. The number of benzene rings is 2. The predicted molar refractivity (Wildman–Crippen MR) is 112 cm³/mol. The number of rotatable bonds is 5. The lowest BCUT2D eigenvalue weighted by atomic mass is 10.0. The third-order valence-electron chi connectivity index (χ3n) is 4.45. The Kier molecular flexibility index (Phi) is 5.08. The van der Waals surface area contributed by atoms with Crippen LogP contribution in [0, 0.1) is 0 Å². The fourth-order valence-electron chi connectivity index (χ4n) is 3.12. The number of carbonyl (C=O) groups excluding carboxylic acids is 1. The van der Waals surface area contributed by atoms with Gasteiger partial charge in [0.1, 0.15) is 12.4 Å². The molecule has 0 aliphatic heterocycles. The zero-order chi connectivity index (χ0) is 19.5. The molecule has 28 heavy (non-hydrogen) atoms. The van der Waals surface area contributed by atoms with E-state index in [2.05, 4.69) is 50.6 Å². The topological polar surface area (TPSA) is 68.9 Å². The van der Waals surface area contributed by atoms with E-state index in [1.165, 1.54) is 10.6 Å². The first kappa shape index (κ1) is 18.2. The zero-order valence-electron chi connectivity index (χ0n) is 14.9. The van der Waals surface area contributed by atoms with Crippen LogP contribution in [-0.4, -0.2) is 20.3 Å². The molecule has 0 atom stereocenters. The van der Waals surface area contributed by atoms with Crippen molar-refractivity contribution in [3.63, 3.8) is 0 Å². The summed E-state index contributed by atoms with van der Waals surface area (Å²) in [7, 11) is 0. The third-order valence-corrected chi connectivity index (χ3v) is 4.91. The fraction of sp³-hybridized carbons (Fsp3) is 0.0952. The minimum absolute atomic E-state index is 0.0717.